The number of benzene rings is 1. The number of nitrogens with zero attached hydrogens (tertiary/aromatic N) is 1. The molecule has 0 saturated carbocycles. The lowest BCUT2D eigenvalue weighted by Crippen LogP contribution is -2.38. The summed E-state index contributed by atoms with van der Waals surface area (Å²) in [6.45, 7) is 5.40. The van der Waals surface area contributed by atoms with Crippen molar-refractivity contribution in [2.24, 2.45) is 0 Å². The van der Waals surface area contributed by atoms with Crippen LogP contribution >= 0.6 is 0 Å². The van der Waals surface area contributed by atoms with Gasteiger partial charge in [0.25, 0.3) is 0 Å². The maximum atomic E-state index is 13.0. The first kappa shape index (κ1) is 16.1. The Morgan fingerprint density at radius 3 is 2.37 bits per heavy atom. The average Bonchev–Trinajstić information content (AvgIpc) is 2.34. The van der Waals surface area contributed by atoms with Crippen molar-refractivity contribution in [2.75, 3.05) is 20.6 Å². The van der Waals surface area contributed by atoms with Crippen LogP contribution in [0.3, 0.4) is 0 Å². The van der Waals surface area contributed by atoms with Crippen molar-refractivity contribution in [1.29, 1.82) is 0 Å². The van der Waals surface area contributed by atoms with Crippen LogP contribution in [0.1, 0.15) is 44.7 Å². The van der Waals surface area contributed by atoms with E-state index in [2.05, 4.69) is 38.2 Å². The summed E-state index contributed by atoms with van der Waals surface area (Å²) < 4.78 is 13.0. The lowest BCUT2D eigenvalue weighted by Gasteiger charge is -2.26. The van der Waals surface area contributed by atoms with Gasteiger partial charge in [-0.1, -0.05) is 31.9 Å². The van der Waals surface area contributed by atoms with Gasteiger partial charge in [0, 0.05) is 18.6 Å². The van der Waals surface area contributed by atoms with Crippen molar-refractivity contribution in [1.82, 2.24) is 10.2 Å². The minimum atomic E-state index is -0.167. The Morgan fingerprint density at radius 1 is 1.21 bits per heavy atom. The normalized spacial score (nSPS) is 14.6. The lowest BCUT2D eigenvalue weighted by atomic mass is 10.00. The van der Waals surface area contributed by atoms with E-state index < -0.39 is 0 Å². The van der Waals surface area contributed by atoms with Crippen molar-refractivity contribution in [3.63, 3.8) is 0 Å². The highest BCUT2D eigenvalue weighted by molar-refractivity contribution is 5.20. The molecule has 0 aliphatic carbocycles. The lowest BCUT2D eigenvalue weighted by molar-refractivity contribution is 0.321. The molecule has 0 radical (unpaired) electrons. The number of rotatable bonds is 8. The molecule has 0 bridgehead atoms. The maximum Gasteiger partial charge on any atom is 0.123 e. The number of nitrogens with one attached hydrogen (secondary N) is 1. The van der Waals surface area contributed by atoms with Crippen molar-refractivity contribution < 1.29 is 4.39 Å². The minimum Gasteiger partial charge on any atom is -0.308 e. The predicted octanol–water partition coefficient (Wildman–Crippen LogP) is 3.60. The molecule has 0 spiro atoms. The molecule has 1 aromatic carbocycles. The molecule has 1 N–H and O–H groups in total. The Kier molecular flexibility index (Phi) is 7.03. The van der Waals surface area contributed by atoms with Crippen molar-refractivity contribution in [3.05, 3.63) is 35.6 Å². The van der Waals surface area contributed by atoms with Crippen LogP contribution in [0.5, 0.6) is 0 Å². The van der Waals surface area contributed by atoms with Crippen LogP contribution in [0.25, 0.3) is 0 Å². The van der Waals surface area contributed by atoms with Gasteiger partial charge >= 0.3 is 0 Å². The first-order chi connectivity index (χ1) is 9.02. The third kappa shape index (κ3) is 6.17. The largest absolute Gasteiger partial charge is 0.308 e. The molecule has 0 fully saturated rings. The van der Waals surface area contributed by atoms with E-state index in [4.69, 9.17) is 0 Å². The second-order valence-electron chi connectivity index (χ2n) is 5.58. The molecule has 0 aliphatic heterocycles. The summed E-state index contributed by atoms with van der Waals surface area (Å²) >= 11 is 0. The zero-order valence-corrected chi connectivity index (χ0v) is 12.6. The monoisotopic (exact) mass is 266 g/mol. The van der Waals surface area contributed by atoms with Crippen molar-refractivity contribution in [3.8, 4) is 0 Å². The summed E-state index contributed by atoms with van der Waals surface area (Å²) in [5, 5.41) is 3.65. The van der Waals surface area contributed by atoms with Crippen molar-refractivity contribution in [2.45, 2.75) is 45.2 Å². The molecule has 2 nitrogen and oxygen atoms in total. The smallest absolute Gasteiger partial charge is 0.123 e. The Morgan fingerprint density at radius 2 is 1.84 bits per heavy atom. The standard InChI is InChI=1S/C16H27FN2/c1-5-6-7-16(18-13(2)12-19(3)4)14-8-10-15(17)11-9-14/h8-11,13,16,18H,5-7,12H2,1-4H3. The summed E-state index contributed by atoms with van der Waals surface area (Å²) in [5.74, 6) is -0.167. The maximum absolute atomic E-state index is 13.0. The third-order valence-electron chi connectivity index (χ3n) is 3.24. The van der Waals surface area contributed by atoms with E-state index in [1.54, 1.807) is 12.1 Å². The second kappa shape index (κ2) is 8.28. The molecule has 0 saturated heterocycles. The quantitative estimate of drug-likeness (QED) is 0.773. The van der Waals surface area contributed by atoms with Crippen LogP contribution in [-0.4, -0.2) is 31.6 Å². The van der Waals surface area contributed by atoms with Gasteiger partial charge in [0.15, 0.2) is 0 Å². The highest BCUT2D eigenvalue weighted by Crippen LogP contribution is 2.20. The highest BCUT2D eigenvalue weighted by atomic mass is 19.1. The average molecular weight is 266 g/mol. The van der Waals surface area contributed by atoms with Gasteiger partial charge in [-0.05, 0) is 45.1 Å². The molecule has 0 amide bonds. The predicted molar refractivity (Wildman–Crippen MR) is 79.8 cm³/mol. The second-order valence-corrected chi connectivity index (χ2v) is 5.58. The summed E-state index contributed by atoms with van der Waals surface area (Å²) in [4.78, 5) is 2.18. The number of hydrogen-bond donors (Lipinski definition) is 1. The highest BCUT2D eigenvalue weighted by Gasteiger charge is 2.14. The van der Waals surface area contributed by atoms with Crippen LogP contribution in [0.2, 0.25) is 0 Å². The van der Waals surface area contributed by atoms with E-state index in [0.29, 0.717) is 12.1 Å². The van der Waals surface area contributed by atoms with Gasteiger partial charge in [0.2, 0.25) is 0 Å². The fourth-order valence-electron chi connectivity index (χ4n) is 2.39. The zero-order chi connectivity index (χ0) is 14.3. The van der Waals surface area contributed by atoms with E-state index in [-0.39, 0.29) is 5.82 Å². The van der Waals surface area contributed by atoms with Gasteiger partial charge in [-0.3, -0.25) is 0 Å². The Labute approximate surface area is 117 Å². The fraction of sp³-hybridized carbons (Fsp3) is 0.625. The topological polar surface area (TPSA) is 15.3 Å². The van der Waals surface area contributed by atoms with Crippen LogP contribution in [0.15, 0.2) is 24.3 Å². The number of likely N-dealkylation sites (N-methyl/N-ethyl adjacent to an activating group) is 1. The molecular weight excluding hydrogens is 239 g/mol. The van der Waals surface area contributed by atoms with Crippen molar-refractivity contribution >= 4 is 0 Å². The molecule has 2 unspecified atom stereocenters. The Hall–Kier alpha value is -0.930. The number of hydrogen-bond acceptors (Lipinski definition) is 2. The molecule has 0 aliphatic rings. The summed E-state index contributed by atoms with van der Waals surface area (Å²) in [7, 11) is 4.16. The van der Waals surface area contributed by atoms with E-state index in [1.807, 2.05) is 12.1 Å². The Bertz CT molecular complexity index is 348. The molecule has 1 aromatic rings. The summed E-state index contributed by atoms with van der Waals surface area (Å²) in [5.41, 5.74) is 1.18. The third-order valence-corrected chi connectivity index (χ3v) is 3.24. The van der Waals surface area contributed by atoms with Crippen LogP contribution < -0.4 is 5.32 Å². The first-order valence-electron chi connectivity index (χ1n) is 7.19. The van der Waals surface area contributed by atoms with Gasteiger partial charge in [-0.25, -0.2) is 4.39 Å². The molecule has 0 heterocycles. The van der Waals surface area contributed by atoms with Gasteiger partial charge in [-0.15, -0.1) is 0 Å². The minimum absolute atomic E-state index is 0.167. The zero-order valence-electron chi connectivity index (χ0n) is 12.6. The Balaban J connectivity index is 2.68. The molecule has 3 heteroatoms. The molecule has 2 atom stereocenters. The van der Waals surface area contributed by atoms with E-state index in [0.717, 1.165) is 13.0 Å². The van der Waals surface area contributed by atoms with Gasteiger partial charge in [0.05, 0.1) is 0 Å². The van der Waals surface area contributed by atoms with Crippen LogP contribution in [-0.2, 0) is 0 Å². The number of halogens is 1. The van der Waals surface area contributed by atoms with E-state index >= 15 is 0 Å². The summed E-state index contributed by atoms with van der Waals surface area (Å²) in [6, 6.07) is 7.62. The molecule has 108 valence electrons. The van der Waals surface area contributed by atoms with E-state index in [9.17, 15) is 4.39 Å². The molecule has 19 heavy (non-hydrogen) atoms. The number of unbranched alkanes of at least 4 members (excludes halogenated alkanes) is 1. The first-order valence-corrected chi connectivity index (χ1v) is 7.19. The molecular formula is C16H27FN2. The SMILES string of the molecule is CCCCC(NC(C)CN(C)C)c1ccc(F)cc1. The van der Waals surface area contributed by atoms with Gasteiger partial charge in [0.1, 0.15) is 5.82 Å². The van der Waals surface area contributed by atoms with Gasteiger partial charge in [-0.2, -0.15) is 0 Å². The van der Waals surface area contributed by atoms with E-state index in [1.165, 1.54) is 18.4 Å². The van der Waals surface area contributed by atoms with Crippen LogP contribution in [0.4, 0.5) is 4.39 Å². The molecule has 0 aromatic heterocycles. The molecule has 1 rings (SSSR count). The summed E-state index contributed by atoms with van der Waals surface area (Å²) in [6.07, 6.45) is 3.46. The van der Waals surface area contributed by atoms with Crippen LogP contribution in [0, 0.1) is 5.82 Å². The van der Waals surface area contributed by atoms with Gasteiger partial charge < -0.3 is 10.2 Å². The fourth-order valence-corrected chi connectivity index (χ4v) is 2.39.